The minimum Gasteiger partial charge on any atom is -0.373 e. The van der Waals surface area contributed by atoms with Gasteiger partial charge < -0.3 is 5.32 Å². The summed E-state index contributed by atoms with van der Waals surface area (Å²) in [5, 5.41) is 3.40. The summed E-state index contributed by atoms with van der Waals surface area (Å²) >= 11 is 6.06. The molecule has 1 N–H and O–H groups in total. The Kier molecular flexibility index (Phi) is 4.05. The number of benzene rings is 2. The summed E-state index contributed by atoms with van der Waals surface area (Å²) in [6.07, 6.45) is 0.0152. The van der Waals surface area contributed by atoms with Gasteiger partial charge in [0.05, 0.1) is 12.1 Å². The molecule has 2 amide bonds. The predicted molar refractivity (Wildman–Crippen MR) is 87.1 cm³/mol. The summed E-state index contributed by atoms with van der Waals surface area (Å²) in [5.74, 6) is -1.09. The van der Waals surface area contributed by atoms with Gasteiger partial charge in [-0.25, -0.2) is 9.29 Å². The fraction of sp³-hybridized carbons (Fsp3) is 0.176. The molecule has 4 nitrogen and oxygen atoms in total. The Hall–Kier alpha value is -2.40. The first-order valence-electron chi connectivity index (χ1n) is 7.11. The number of nitrogens with one attached hydrogen (secondary N) is 1. The Labute approximate surface area is 137 Å². The van der Waals surface area contributed by atoms with Crippen LogP contribution in [0.4, 0.5) is 15.8 Å². The molecule has 0 bridgehead atoms. The minimum atomic E-state index is -0.720. The summed E-state index contributed by atoms with van der Waals surface area (Å²) in [6, 6.07) is 10.1. The van der Waals surface area contributed by atoms with Crippen LogP contribution in [-0.4, -0.2) is 17.9 Å². The van der Waals surface area contributed by atoms with Gasteiger partial charge >= 0.3 is 0 Å². The number of halogens is 2. The summed E-state index contributed by atoms with van der Waals surface area (Å²) in [4.78, 5) is 26.0. The maximum absolute atomic E-state index is 13.2. The molecule has 1 aliphatic rings. The van der Waals surface area contributed by atoms with E-state index in [4.69, 9.17) is 11.6 Å². The number of imide groups is 1. The molecular formula is C17H14ClFN2O2. The molecule has 0 aromatic heterocycles. The Bertz CT molecular complexity index is 794. The van der Waals surface area contributed by atoms with Crippen LogP contribution in [0.15, 0.2) is 42.5 Å². The van der Waals surface area contributed by atoms with Crippen LogP contribution in [0, 0.1) is 12.7 Å². The quantitative estimate of drug-likeness (QED) is 0.875. The molecule has 0 saturated carbocycles. The molecule has 6 heteroatoms. The van der Waals surface area contributed by atoms with Crippen LogP contribution in [0.25, 0.3) is 0 Å². The lowest BCUT2D eigenvalue weighted by molar-refractivity contribution is -0.121. The Morgan fingerprint density at radius 1 is 1.22 bits per heavy atom. The first kappa shape index (κ1) is 15.5. The molecule has 0 aliphatic carbocycles. The van der Waals surface area contributed by atoms with Crippen LogP contribution >= 0.6 is 11.6 Å². The maximum atomic E-state index is 13.2. The number of amides is 2. The zero-order valence-electron chi connectivity index (χ0n) is 12.3. The molecule has 2 aromatic rings. The third-order valence-electron chi connectivity index (χ3n) is 3.79. The van der Waals surface area contributed by atoms with Gasteiger partial charge in [0.1, 0.15) is 11.9 Å². The third kappa shape index (κ3) is 2.92. The molecule has 0 unspecified atom stereocenters. The van der Waals surface area contributed by atoms with E-state index in [1.165, 1.54) is 18.2 Å². The van der Waals surface area contributed by atoms with Gasteiger partial charge in [-0.3, -0.25) is 9.59 Å². The van der Waals surface area contributed by atoms with Gasteiger partial charge in [0, 0.05) is 10.7 Å². The fourth-order valence-electron chi connectivity index (χ4n) is 2.62. The number of rotatable bonds is 3. The van der Waals surface area contributed by atoms with Gasteiger partial charge in [-0.2, -0.15) is 0 Å². The number of nitrogens with zero attached hydrogens (tertiary/aromatic N) is 1. The topological polar surface area (TPSA) is 49.4 Å². The van der Waals surface area contributed by atoms with E-state index in [-0.39, 0.29) is 18.2 Å². The average molecular weight is 333 g/mol. The molecular weight excluding hydrogens is 319 g/mol. The Morgan fingerprint density at radius 2 is 1.96 bits per heavy atom. The van der Waals surface area contributed by atoms with E-state index in [0.29, 0.717) is 22.0 Å². The number of hydrogen-bond donors (Lipinski definition) is 1. The highest BCUT2D eigenvalue weighted by Crippen LogP contribution is 2.31. The van der Waals surface area contributed by atoms with Crippen molar-refractivity contribution in [3.8, 4) is 0 Å². The van der Waals surface area contributed by atoms with Gasteiger partial charge in [0.15, 0.2) is 0 Å². The molecule has 1 saturated heterocycles. The lowest BCUT2D eigenvalue weighted by Crippen LogP contribution is -2.35. The van der Waals surface area contributed by atoms with Crippen LogP contribution in [0.1, 0.15) is 12.0 Å². The molecule has 0 radical (unpaired) electrons. The van der Waals surface area contributed by atoms with Gasteiger partial charge in [-0.05, 0) is 42.8 Å². The van der Waals surface area contributed by atoms with Crippen molar-refractivity contribution in [3.63, 3.8) is 0 Å². The van der Waals surface area contributed by atoms with Crippen LogP contribution in [-0.2, 0) is 9.59 Å². The van der Waals surface area contributed by atoms with E-state index in [1.807, 2.05) is 0 Å². The van der Waals surface area contributed by atoms with Crippen LogP contribution < -0.4 is 10.2 Å². The molecule has 0 spiro atoms. The summed E-state index contributed by atoms with van der Waals surface area (Å²) in [7, 11) is 0. The van der Waals surface area contributed by atoms with E-state index < -0.39 is 11.9 Å². The second-order valence-corrected chi connectivity index (χ2v) is 5.77. The molecule has 1 fully saturated rings. The smallest absolute Gasteiger partial charge is 0.256 e. The molecule has 3 rings (SSSR count). The third-order valence-corrected chi connectivity index (χ3v) is 4.20. The number of carbonyl (C=O) groups is 2. The van der Waals surface area contributed by atoms with Gasteiger partial charge in [-0.1, -0.05) is 23.7 Å². The summed E-state index contributed by atoms with van der Waals surface area (Å²) in [6.45, 7) is 1.76. The zero-order valence-corrected chi connectivity index (χ0v) is 13.1. The first-order chi connectivity index (χ1) is 11.0. The maximum Gasteiger partial charge on any atom is 0.256 e. The van der Waals surface area contributed by atoms with Crippen LogP contribution in [0.2, 0.25) is 5.02 Å². The minimum absolute atomic E-state index is 0.0152. The van der Waals surface area contributed by atoms with E-state index in [0.717, 1.165) is 4.90 Å². The normalized spacial score (nSPS) is 17.7. The lowest BCUT2D eigenvalue weighted by Gasteiger charge is -2.18. The van der Waals surface area contributed by atoms with Crippen molar-refractivity contribution < 1.29 is 14.0 Å². The Balaban J connectivity index is 1.87. The number of carbonyl (C=O) groups excluding carboxylic acids is 2. The summed E-state index contributed by atoms with van der Waals surface area (Å²) < 4.78 is 13.2. The lowest BCUT2D eigenvalue weighted by atomic mass is 10.2. The standard InChI is InChI=1S/C17H14ClFN2O2/c1-10-13(18)6-3-7-15(10)21-16(22)9-14(17(21)23)20-12-5-2-4-11(19)8-12/h2-8,14,20H,9H2,1H3/t14-/m0/s1. The second kappa shape index (κ2) is 6.01. The van der Waals surface area contributed by atoms with E-state index in [9.17, 15) is 14.0 Å². The van der Waals surface area contributed by atoms with Gasteiger partial charge in [-0.15, -0.1) is 0 Å². The van der Waals surface area contributed by atoms with Crippen LogP contribution in [0.3, 0.4) is 0 Å². The number of anilines is 2. The first-order valence-corrected chi connectivity index (χ1v) is 7.49. The van der Waals surface area contributed by atoms with E-state index >= 15 is 0 Å². The summed E-state index contributed by atoms with van der Waals surface area (Å²) in [5.41, 5.74) is 1.61. The highest BCUT2D eigenvalue weighted by atomic mass is 35.5. The SMILES string of the molecule is Cc1c(Cl)cccc1N1C(=O)C[C@H](Nc2cccc(F)c2)C1=O. The van der Waals surface area contributed by atoms with Crippen molar-refractivity contribution in [1.29, 1.82) is 0 Å². The molecule has 23 heavy (non-hydrogen) atoms. The predicted octanol–water partition coefficient (Wildman–Crippen LogP) is 3.53. The molecule has 1 aliphatic heterocycles. The van der Waals surface area contributed by atoms with Gasteiger partial charge in [0.2, 0.25) is 5.91 Å². The van der Waals surface area contributed by atoms with Crippen molar-refractivity contribution >= 4 is 34.8 Å². The van der Waals surface area contributed by atoms with Crippen molar-refractivity contribution in [2.45, 2.75) is 19.4 Å². The van der Waals surface area contributed by atoms with Crippen LogP contribution in [0.5, 0.6) is 0 Å². The monoisotopic (exact) mass is 332 g/mol. The van der Waals surface area contributed by atoms with Crippen molar-refractivity contribution in [2.75, 3.05) is 10.2 Å². The van der Waals surface area contributed by atoms with Crippen molar-refractivity contribution in [1.82, 2.24) is 0 Å². The highest BCUT2D eigenvalue weighted by molar-refractivity contribution is 6.32. The molecule has 118 valence electrons. The van der Waals surface area contributed by atoms with Crippen molar-refractivity contribution in [2.24, 2.45) is 0 Å². The second-order valence-electron chi connectivity index (χ2n) is 5.36. The molecule has 2 aromatic carbocycles. The van der Waals surface area contributed by atoms with Gasteiger partial charge in [0.25, 0.3) is 5.91 Å². The fourth-order valence-corrected chi connectivity index (χ4v) is 2.79. The Morgan fingerprint density at radius 3 is 2.70 bits per heavy atom. The number of hydrogen-bond acceptors (Lipinski definition) is 3. The average Bonchev–Trinajstić information content (AvgIpc) is 2.77. The van der Waals surface area contributed by atoms with Crippen molar-refractivity contribution in [3.05, 3.63) is 58.9 Å². The highest BCUT2D eigenvalue weighted by Gasteiger charge is 2.40. The zero-order chi connectivity index (χ0) is 16.6. The molecule has 1 heterocycles. The molecule has 1 atom stereocenters. The van der Waals surface area contributed by atoms with E-state index in [2.05, 4.69) is 5.32 Å². The van der Waals surface area contributed by atoms with E-state index in [1.54, 1.807) is 31.2 Å². The largest absolute Gasteiger partial charge is 0.373 e.